The average molecular weight is 439 g/mol. The average Bonchev–Trinajstić information content (AvgIpc) is 2.71. The largest absolute Gasteiger partial charge is 0.465 e. The van der Waals surface area contributed by atoms with E-state index in [0.717, 1.165) is 23.1 Å². The second kappa shape index (κ2) is 10.4. The van der Waals surface area contributed by atoms with Crippen molar-refractivity contribution in [1.82, 2.24) is 10.0 Å². The van der Waals surface area contributed by atoms with Crippen LogP contribution in [0.15, 0.2) is 42.5 Å². The summed E-state index contributed by atoms with van der Waals surface area (Å²) in [6, 6.07) is 12.8. The summed E-state index contributed by atoms with van der Waals surface area (Å²) in [7, 11) is 0. The molecule has 2 amide bonds. The first-order chi connectivity index (χ1) is 15.0. The highest BCUT2D eigenvalue weighted by Gasteiger charge is 2.37. The van der Waals surface area contributed by atoms with Gasteiger partial charge in [-0.3, -0.25) is 14.4 Å². The molecule has 0 aliphatic carbocycles. The fourth-order valence-electron chi connectivity index (χ4n) is 3.59. The Labute approximate surface area is 191 Å². The van der Waals surface area contributed by atoms with Gasteiger partial charge >= 0.3 is 5.97 Å². The van der Waals surface area contributed by atoms with Crippen LogP contribution in [0.5, 0.6) is 0 Å². The normalized spacial score (nSPS) is 11.1. The van der Waals surface area contributed by atoms with Gasteiger partial charge in [0.15, 0.2) is 0 Å². The number of carbonyl (C=O) groups excluding carboxylic acids is 3. The third-order valence-electron chi connectivity index (χ3n) is 4.97. The van der Waals surface area contributed by atoms with Gasteiger partial charge in [-0.05, 0) is 77.8 Å². The third kappa shape index (κ3) is 6.19. The van der Waals surface area contributed by atoms with Crippen molar-refractivity contribution in [2.75, 3.05) is 13.2 Å². The minimum absolute atomic E-state index is 0.187. The van der Waals surface area contributed by atoms with E-state index < -0.39 is 17.4 Å². The zero-order valence-corrected chi connectivity index (χ0v) is 20.2. The molecule has 0 aliphatic heterocycles. The van der Waals surface area contributed by atoms with Gasteiger partial charge in [0, 0.05) is 11.1 Å². The summed E-state index contributed by atoms with van der Waals surface area (Å²) in [4.78, 5) is 39.7. The van der Waals surface area contributed by atoms with Crippen LogP contribution < -0.4 is 0 Å². The molecule has 172 valence electrons. The van der Waals surface area contributed by atoms with Crippen molar-refractivity contribution in [3.8, 4) is 0 Å². The first kappa shape index (κ1) is 25.1. The second-order valence-electron chi connectivity index (χ2n) is 8.88. The lowest BCUT2D eigenvalue weighted by molar-refractivity contribution is -0.148. The summed E-state index contributed by atoms with van der Waals surface area (Å²) in [5.74, 6) is -1.37. The van der Waals surface area contributed by atoms with Crippen LogP contribution in [-0.4, -0.2) is 46.5 Å². The molecule has 0 fully saturated rings. The Bertz CT molecular complexity index is 954. The maximum atomic E-state index is 13.7. The Hall–Kier alpha value is -3.15. The predicted molar refractivity (Wildman–Crippen MR) is 125 cm³/mol. The van der Waals surface area contributed by atoms with E-state index in [-0.39, 0.29) is 19.1 Å². The van der Waals surface area contributed by atoms with E-state index in [1.807, 2.05) is 59.7 Å². The molecule has 0 saturated carbocycles. The molecule has 2 rings (SSSR count). The Balaban J connectivity index is 2.57. The maximum Gasteiger partial charge on any atom is 0.327 e. The highest BCUT2D eigenvalue weighted by atomic mass is 16.5. The molecule has 6 heteroatoms. The van der Waals surface area contributed by atoms with Crippen LogP contribution in [0.3, 0.4) is 0 Å². The molecular formula is C26H34N2O4. The summed E-state index contributed by atoms with van der Waals surface area (Å²) in [5, 5.41) is 2.58. The number of amides is 2. The molecule has 0 aliphatic rings. The Morgan fingerprint density at radius 1 is 0.844 bits per heavy atom. The first-order valence-electron chi connectivity index (χ1n) is 11.0. The van der Waals surface area contributed by atoms with E-state index >= 15 is 0 Å². The summed E-state index contributed by atoms with van der Waals surface area (Å²) in [6.45, 7) is 12.9. The molecule has 0 radical (unpaired) electrons. The zero-order chi connectivity index (χ0) is 24.1. The number of hydrogen-bond acceptors (Lipinski definition) is 4. The van der Waals surface area contributed by atoms with Crippen molar-refractivity contribution in [3.05, 3.63) is 70.3 Å². The fourth-order valence-corrected chi connectivity index (χ4v) is 3.59. The Kier molecular flexibility index (Phi) is 8.19. The van der Waals surface area contributed by atoms with Gasteiger partial charge in [-0.15, -0.1) is 0 Å². The minimum Gasteiger partial charge on any atom is -0.465 e. The first-order valence-corrected chi connectivity index (χ1v) is 11.0. The van der Waals surface area contributed by atoms with E-state index in [1.165, 1.54) is 10.0 Å². The number of esters is 1. The SMILES string of the molecule is CCOC(=O)CN(C(=O)c1ccc(CC)cc1)N(C(=O)c1cc(C)cc(C)c1)C(C)(C)C. The van der Waals surface area contributed by atoms with E-state index in [0.29, 0.717) is 11.1 Å². The van der Waals surface area contributed by atoms with Crippen molar-refractivity contribution in [2.24, 2.45) is 0 Å². The number of hydrazine groups is 1. The van der Waals surface area contributed by atoms with Crippen LogP contribution in [0.4, 0.5) is 0 Å². The van der Waals surface area contributed by atoms with Crippen LogP contribution >= 0.6 is 0 Å². The topological polar surface area (TPSA) is 66.9 Å². The lowest BCUT2D eigenvalue weighted by Gasteiger charge is -2.43. The number of nitrogens with zero attached hydrogens (tertiary/aromatic N) is 2. The molecule has 2 aromatic rings. The van der Waals surface area contributed by atoms with E-state index in [2.05, 4.69) is 0 Å². The van der Waals surface area contributed by atoms with Crippen molar-refractivity contribution >= 4 is 17.8 Å². The van der Waals surface area contributed by atoms with Gasteiger partial charge in [-0.2, -0.15) is 0 Å². The second-order valence-corrected chi connectivity index (χ2v) is 8.88. The number of carbonyl (C=O) groups is 3. The summed E-state index contributed by atoms with van der Waals surface area (Å²) in [6.07, 6.45) is 0.848. The molecule has 0 unspecified atom stereocenters. The van der Waals surface area contributed by atoms with Crippen molar-refractivity contribution in [3.63, 3.8) is 0 Å². The monoisotopic (exact) mass is 438 g/mol. The van der Waals surface area contributed by atoms with Crippen LogP contribution in [0, 0.1) is 13.8 Å². The predicted octanol–water partition coefficient (Wildman–Crippen LogP) is 4.73. The quantitative estimate of drug-likeness (QED) is 0.483. The Morgan fingerprint density at radius 2 is 1.41 bits per heavy atom. The number of ether oxygens (including phenoxy) is 1. The number of aryl methyl sites for hydroxylation is 3. The number of hydrogen-bond donors (Lipinski definition) is 0. The standard InChI is InChI=1S/C26H34N2O4/c1-8-20-10-12-21(13-11-20)24(30)27(17-23(29)32-9-2)28(26(5,6)7)25(31)22-15-18(3)14-19(4)16-22/h10-16H,8-9,17H2,1-7H3. The highest BCUT2D eigenvalue weighted by molar-refractivity contribution is 6.00. The van der Waals surface area contributed by atoms with Crippen LogP contribution in [0.25, 0.3) is 0 Å². The molecule has 0 atom stereocenters. The van der Waals surface area contributed by atoms with Crippen molar-refractivity contribution in [2.45, 2.75) is 60.4 Å². The van der Waals surface area contributed by atoms with E-state index in [9.17, 15) is 14.4 Å². The van der Waals surface area contributed by atoms with Crippen molar-refractivity contribution in [1.29, 1.82) is 0 Å². The highest BCUT2D eigenvalue weighted by Crippen LogP contribution is 2.24. The molecule has 0 bridgehead atoms. The number of benzene rings is 2. The van der Waals surface area contributed by atoms with Gasteiger partial charge in [-0.25, -0.2) is 10.0 Å². The fraction of sp³-hybridized carbons (Fsp3) is 0.423. The molecule has 0 saturated heterocycles. The van der Waals surface area contributed by atoms with Crippen LogP contribution in [0.1, 0.15) is 72.0 Å². The van der Waals surface area contributed by atoms with Crippen LogP contribution in [0.2, 0.25) is 0 Å². The van der Waals surface area contributed by atoms with Gasteiger partial charge in [0.05, 0.1) is 12.1 Å². The summed E-state index contributed by atoms with van der Waals surface area (Å²) >= 11 is 0. The molecule has 0 heterocycles. The minimum atomic E-state index is -0.778. The van der Waals surface area contributed by atoms with Gasteiger partial charge in [0.2, 0.25) is 0 Å². The molecule has 0 spiro atoms. The number of rotatable bonds is 6. The van der Waals surface area contributed by atoms with Gasteiger partial charge < -0.3 is 4.74 Å². The van der Waals surface area contributed by atoms with Crippen LogP contribution in [-0.2, 0) is 16.0 Å². The molecule has 32 heavy (non-hydrogen) atoms. The molecule has 0 aromatic heterocycles. The lowest BCUT2D eigenvalue weighted by Crippen LogP contribution is -2.59. The molecule has 6 nitrogen and oxygen atoms in total. The van der Waals surface area contributed by atoms with Gasteiger partial charge in [0.1, 0.15) is 6.54 Å². The summed E-state index contributed by atoms with van der Waals surface area (Å²) < 4.78 is 5.11. The lowest BCUT2D eigenvalue weighted by atomic mass is 10.0. The molecule has 2 aromatic carbocycles. The van der Waals surface area contributed by atoms with E-state index in [4.69, 9.17) is 4.74 Å². The van der Waals surface area contributed by atoms with Gasteiger partial charge in [-0.1, -0.05) is 36.2 Å². The summed E-state index contributed by atoms with van der Waals surface area (Å²) in [5.41, 5.74) is 3.06. The third-order valence-corrected chi connectivity index (χ3v) is 4.97. The van der Waals surface area contributed by atoms with E-state index in [1.54, 1.807) is 31.2 Å². The van der Waals surface area contributed by atoms with Crippen molar-refractivity contribution < 1.29 is 19.1 Å². The molecular weight excluding hydrogens is 404 g/mol. The maximum absolute atomic E-state index is 13.7. The van der Waals surface area contributed by atoms with Gasteiger partial charge in [0.25, 0.3) is 11.8 Å². The molecule has 0 N–H and O–H groups in total. The smallest absolute Gasteiger partial charge is 0.327 e. The zero-order valence-electron chi connectivity index (χ0n) is 20.2. The Morgan fingerprint density at radius 3 is 1.88 bits per heavy atom.